The van der Waals surface area contributed by atoms with E-state index in [1.807, 2.05) is 6.07 Å². The molecule has 0 aliphatic rings. The average Bonchev–Trinajstić information content (AvgIpc) is 2.58. The van der Waals surface area contributed by atoms with Crippen LogP contribution in [0.25, 0.3) is 0 Å². The summed E-state index contributed by atoms with van der Waals surface area (Å²) in [6, 6.07) is 10.4. The molecule has 0 saturated carbocycles. The smallest absolute Gasteiger partial charge is 0.192 e. The van der Waals surface area contributed by atoms with Crippen molar-refractivity contribution in [2.24, 2.45) is 11.8 Å². The first-order valence-electron chi connectivity index (χ1n) is 10.8. The van der Waals surface area contributed by atoms with E-state index in [9.17, 15) is 0 Å². The summed E-state index contributed by atoms with van der Waals surface area (Å²) in [6.07, 6.45) is 2.64. The van der Waals surface area contributed by atoms with E-state index >= 15 is 0 Å². The quantitative estimate of drug-likeness (QED) is 0.218. The van der Waals surface area contributed by atoms with Gasteiger partial charge in [0.2, 0.25) is 0 Å². The predicted molar refractivity (Wildman–Crippen MR) is 142 cm³/mol. The molecular weight excluding hydrogens is 503 g/mol. The zero-order chi connectivity index (χ0) is 22.5. The molecule has 0 aromatic heterocycles. The van der Waals surface area contributed by atoms with Gasteiger partial charge in [-0.2, -0.15) is 0 Å². The van der Waals surface area contributed by atoms with Crippen molar-refractivity contribution in [1.29, 1.82) is 0 Å². The molecule has 0 fully saturated rings. The van der Waals surface area contributed by atoms with Crippen molar-refractivity contribution in [3.63, 3.8) is 0 Å². The Balaban J connectivity index is 2.96. The van der Waals surface area contributed by atoms with Crippen molar-refractivity contribution in [2.75, 3.05) is 6.61 Å². The molecule has 0 saturated heterocycles. The molecule has 0 unspecified atom stereocenters. The summed E-state index contributed by atoms with van der Waals surface area (Å²) in [5.41, 5.74) is 1.22. The standard InChI is InChI=1S/C24H43IO2Si2/c1-19(16-22(25)28(6,7)8)23(27-29(9,10)24(3,4)5)20(2)17-26-18-21-14-12-11-13-15-21/h11-16,19-20,23H,17-18H2,1-10H3/b22-16-/t19-,20-,23+/m0/s1. The maximum absolute atomic E-state index is 6.97. The van der Waals surface area contributed by atoms with Gasteiger partial charge in [0.1, 0.15) is 0 Å². The Hall–Kier alpha value is 0.0438. The molecular formula is C24H43IO2Si2. The van der Waals surface area contributed by atoms with Crippen molar-refractivity contribution in [2.45, 2.75) is 85.1 Å². The highest BCUT2D eigenvalue weighted by Crippen LogP contribution is 2.39. The van der Waals surface area contributed by atoms with E-state index in [4.69, 9.17) is 9.16 Å². The Bertz CT molecular complexity index is 645. The fourth-order valence-corrected chi connectivity index (χ4v) is 5.68. The van der Waals surface area contributed by atoms with Crippen molar-refractivity contribution in [3.8, 4) is 0 Å². The Labute approximate surface area is 196 Å². The van der Waals surface area contributed by atoms with Crippen LogP contribution in [0.4, 0.5) is 0 Å². The third-order valence-corrected chi connectivity index (χ3v) is 17.2. The predicted octanol–water partition coefficient (Wildman–Crippen LogP) is 8.06. The summed E-state index contributed by atoms with van der Waals surface area (Å²) in [7, 11) is -3.17. The normalized spacial score (nSPS) is 17.1. The maximum atomic E-state index is 6.97. The second-order valence-electron chi connectivity index (χ2n) is 10.9. The fraction of sp³-hybridized carbons (Fsp3) is 0.667. The van der Waals surface area contributed by atoms with Crippen LogP contribution in [-0.4, -0.2) is 29.1 Å². The largest absolute Gasteiger partial charge is 0.413 e. The molecule has 1 aromatic carbocycles. The van der Waals surface area contributed by atoms with E-state index in [1.54, 1.807) is 0 Å². The second-order valence-corrected chi connectivity index (χ2v) is 22.9. The molecule has 166 valence electrons. The van der Waals surface area contributed by atoms with Crippen LogP contribution in [0.1, 0.15) is 40.2 Å². The van der Waals surface area contributed by atoms with Gasteiger partial charge in [-0.05, 0) is 32.8 Å². The first kappa shape index (κ1) is 27.1. The number of hydrogen-bond acceptors (Lipinski definition) is 2. The van der Waals surface area contributed by atoms with E-state index < -0.39 is 16.4 Å². The van der Waals surface area contributed by atoms with Gasteiger partial charge in [-0.3, -0.25) is 0 Å². The van der Waals surface area contributed by atoms with E-state index in [1.165, 1.54) is 8.77 Å². The highest BCUT2D eigenvalue weighted by molar-refractivity contribution is 14.1. The first-order chi connectivity index (χ1) is 13.1. The van der Waals surface area contributed by atoms with Crippen molar-refractivity contribution in [3.05, 3.63) is 45.2 Å². The van der Waals surface area contributed by atoms with Crippen molar-refractivity contribution < 1.29 is 9.16 Å². The molecule has 0 spiro atoms. The van der Waals surface area contributed by atoms with Gasteiger partial charge in [0.25, 0.3) is 0 Å². The minimum Gasteiger partial charge on any atom is -0.413 e. The van der Waals surface area contributed by atoms with Crippen LogP contribution >= 0.6 is 22.6 Å². The van der Waals surface area contributed by atoms with Gasteiger partial charge in [0.15, 0.2) is 8.32 Å². The monoisotopic (exact) mass is 546 g/mol. The highest BCUT2D eigenvalue weighted by atomic mass is 127. The maximum Gasteiger partial charge on any atom is 0.192 e. The molecule has 0 aliphatic carbocycles. The lowest BCUT2D eigenvalue weighted by atomic mass is 9.94. The van der Waals surface area contributed by atoms with Gasteiger partial charge in [-0.1, -0.05) is 113 Å². The summed E-state index contributed by atoms with van der Waals surface area (Å²) < 4.78 is 14.6. The highest BCUT2D eigenvalue weighted by Gasteiger charge is 2.41. The molecule has 1 aromatic rings. The molecule has 0 N–H and O–H groups in total. The summed E-state index contributed by atoms with van der Waals surface area (Å²) >= 11 is 2.56. The topological polar surface area (TPSA) is 18.5 Å². The van der Waals surface area contributed by atoms with E-state index in [-0.39, 0.29) is 11.1 Å². The van der Waals surface area contributed by atoms with Gasteiger partial charge in [-0.15, -0.1) is 0 Å². The van der Waals surface area contributed by atoms with E-state index in [2.05, 4.69) is 120 Å². The number of benzene rings is 1. The summed E-state index contributed by atoms with van der Waals surface area (Å²) in [4.78, 5) is 0. The number of rotatable bonds is 10. The Morgan fingerprint density at radius 1 is 1.03 bits per heavy atom. The fourth-order valence-electron chi connectivity index (χ4n) is 2.87. The van der Waals surface area contributed by atoms with Crippen LogP contribution in [-0.2, 0) is 15.8 Å². The molecule has 0 heterocycles. The summed E-state index contributed by atoms with van der Waals surface area (Å²) in [5, 5.41) is 0.200. The lowest BCUT2D eigenvalue weighted by molar-refractivity contribution is 0.0195. The third-order valence-electron chi connectivity index (χ3n) is 5.93. The molecule has 0 amide bonds. The van der Waals surface area contributed by atoms with Crippen LogP contribution in [0.5, 0.6) is 0 Å². The molecule has 0 bridgehead atoms. The number of ether oxygens (including phenoxy) is 1. The Morgan fingerprint density at radius 3 is 2.07 bits per heavy atom. The average molecular weight is 547 g/mol. The van der Waals surface area contributed by atoms with Gasteiger partial charge in [-0.25, -0.2) is 0 Å². The van der Waals surface area contributed by atoms with Crippen molar-refractivity contribution in [1.82, 2.24) is 0 Å². The lowest BCUT2D eigenvalue weighted by Crippen LogP contribution is -2.48. The minimum absolute atomic E-state index is 0.174. The molecule has 0 aliphatic heterocycles. The van der Waals surface area contributed by atoms with Crippen molar-refractivity contribution >= 4 is 39.0 Å². The zero-order valence-corrected chi connectivity index (χ0v) is 24.5. The van der Waals surface area contributed by atoms with Gasteiger partial charge >= 0.3 is 0 Å². The van der Waals surface area contributed by atoms with Crippen LogP contribution < -0.4 is 0 Å². The molecule has 0 radical (unpaired) electrons. The lowest BCUT2D eigenvalue weighted by Gasteiger charge is -2.42. The van der Waals surface area contributed by atoms with E-state index in [0.29, 0.717) is 18.4 Å². The van der Waals surface area contributed by atoms with E-state index in [0.717, 1.165) is 6.61 Å². The molecule has 1 rings (SSSR count). The number of hydrogen-bond donors (Lipinski definition) is 0. The first-order valence-corrected chi connectivity index (χ1v) is 18.3. The second kappa shape index (κ2) is 11.1. The molecule has 2 nitrogen and oxygen atoms in total. The summed E-state index contributed by atoms with van der Waals surface area (Å²) in [5.74, 6) is 0.711. The van der Waals surface area contributed by atoms with Crippen LogP contribution in [0.2, 0.25) is 37.8 Å². The Kier molecular flexibility index (Phi) is 10.3. The molecule has 3 atom stereocenters. The zero-order valence-electron chi connectivity index (χ0n) is 20.3. The van der Waals surface area contributed by atoms with Gasteiger partial charge in [0, 0.05) is 5.92 Å². The Morgan fingerprint density at radius 2 is 1.59 bits per heavy atom. The van der Waals surface area contributed by atoms with Gasteiger partial charge in [0.05, 0.1) is 27.4 Å². The third kappa shape index (κ3) is 8.97. The summed E-state index contributed by atoms with van der Waals surface area (Å²) in [6.45, 7) is 24.9. The van der Waals surface area contributed by atoms with Crippen LogP contribution in [0.15, 0.2) is 39.6 Å². The molecule has 29 heavy (non-hydrogen) atoms. The number of halogens is 1. The molecule has 5 heteroatoms. The van der Waals surface area contributed by atoms with Crippen LogP contribution in [0.3, 0.4) is 0 Å². The SMILES string of the molecule is C[C@@H](/C=C(/I)[Si](C)(C)C)[C@@H](O[Si](C)(C)C(C)(C)C)[C@@H](C)COCc1ccccc1. The van der Waals surface area contributed by atoms with Gasteiger partial charge < -0.3 is 9.16 Å². The minimum atomic E-state index is -1.87. The van der Waals surface area contributed by atoms with Crippen LogP contribution in [0, 0.1) is 11.8 Å².